The van der Waals surface area contributed by atoms with Gasteiger partial charge in [-0.25, -0.2) is 9.67 Å². The number of carbonyl (C=O) groups excluding carboxylic acids is 1. The third-order valence-electron chi connectivity index (χ3n) is 4.89. The Balaban J connectivity index is 0.000000260. The Bertz CT molecular complexity index is 1180. The number of benzene rings is 1. The van der Waals surface area contributed by atoms with Gasteiger partial charge >= 0.3 is 0 Å². The lowest BCUT2D eigenvalue weighted by Crippen LogP contribution is -2.24. The van der Waals surface area contributed by atoms with Crippen LogP contribution in [-0.4, -0.2) is 65.1 Å². The van der Waals surface area contributed by atoms with Crippen molar-refractivity contribution in [3.63, 3.8) is 0 Å². The summed E-state index contributed by atoms with van der Waals surface area (Å²) in [4.78, 5) is 20.8. The molecule has 0 aliphatic carbocycles. The van der Waals surface area contributed by atoms with E-state index in [1.165, 1.54) is 4.90 Å². The summed E-state index contributed by atoms with van der Waals surface area (Å²) in [6, 6.07) is 15.7. The molecule has 1 amide bonds. The van der Waals surface area contributed by atoms with Gasteiger partial charge in [-0.2, -0.15) is 15.2 Å². The number of likely N-dealkylation sites (N-methyl/N-ethyl adjacent to an activating group) is 1. The van der Waals surface area contributed by atoms with Crippen molar-refractivity contribution in [2.24, 2.45) is 7.05 Å². The molecule has 1 saturated heterocycles. The summed E-state index contributed by atoms with van der Waals surface area (Å²) in [5, 5.41) is 20.7. The molecule has 4 heterocycles. The normalized spacial score (nSPS) is 15.4. The Labute approximate surface area is 185 Å². The van der Waals surface area contributed by atoms with Gasteiger partial charge in [0.05, 0.1) is 5.69 Å². The summed E-state index contributed by atoms with van der Waals surface area (Å²) in [5.74, 6) is 1.71. The number of likely N-dealkylation sites (tertiary alicyclic amines) is 1. The van der Waals surface area contributed by atoms with Crippen molar-refractivity contribution in [3.05, 3.63) is 67.1 Å². The summed E-state index contributed by atoms with van der Waals surface area (Å²) < 4.78 is 3.44. The number of nitrogens with zero attached hydrogens (tertiary/aromatic N) is 7. The molecule has 4 aromatic rings. The lowest BCUT2D eigenvalue weighted by atomic mass is 10.2. The molecule has 0 spiro atoms. The number of rotatable bonds is 4. The molecular formula is C22H24N8O2. The number of hydrogen-bond acceptors (Lipinski definition) is 7. The van der Waals surface area contributed by atoms with Crippen molar-refractivity contribution in [2.45, 2.75) is 12.5 Å². The topological polar surface area (TPSA) is 114 Å². The second-order valence-corrected chi connectivity index (χ2v) is 7.31. The lowest BCUT2D eigenvalue weighted by Gasteiger charge is -2.04. The number of nitrogens with one attached hydrogen (secondary N) is 1. The Morgan fingerprint density at radius 1 is 1.03 bits per heavy atom. The maximum atomic E-state index is 10.6. The standard InChI is InChI=1S/C17H15N7.C5H9NO2/c1-23-11-9-15(22-23)19-17-18-10-7-16(20-17)24-12-8-14(21-24)13-5-3-2-4-6-13;1-6-3-2-4(7)5(6)8/h2-12H,1H3,(H,18,19,20,22);4,7H,2-3H2,1H3. The molecule has 0 radical (unpaired) electrons. The average Bonchev–Trinajstić information content (AvgIpc) is 3.53. The zero-order valence-electron chi connectivity index (χ0n) is 17.8. The number of aliphatic hydroxyl groups excluding tert-OH is 1. The number of carbonyl (C=O) groups is 1. The Kier molecular flexibility index (Phi) is 6.22. The molecule has 1 aromatic carbocycles. The van der Waals surface area contributed by atoms with E-state index in [1.54, 1.807) is 22.6 Å². The predicted octanol–water partition coefficient (Wildman–Crippen LogP) is 2.02. The van der Waals surface area contributed by atoms with Gasteiger partial charge < -0.3 is 15.3 Å². The minimum absolute atomic E-state index is 0.148. The van der Waals surface area contributed by atoms with Crippen LogP contribution >= 0.6 is 0 Å². The molecule has 3 aromatic heterocycles. The molecule has 0 bridgehead atoms. The number of aryl methyl sites for hydroxylation is 1. The van der Waals surface area contributed by atoms with E-state index in [0.717, 1.165) is 11.3 Å². The largest absolute Gasteiger partial charge is 0.383 e. The van der Waals surface area contributed by atoms with Crippen LogP contribution in [-0.2, 0) is 11.8 Å². The summed E-state index contributed by atoms with van der Waals surface area (Å²) in [6.07, 6.45) is 5.30. The minimum Gasteiger partial charge on any atom is -0.383 e. The first-order valence-electron chi connectivity index (χ1n) is 10.1. The molecule has 1 fully saturated rings. The van der Waals surface area contributed by atoms with Gasteiger partial charge in [0.25, 0.3) is 5.91 Å². The highest BCUT2D eigenvalue weighted by atomic mass is 16.3. The molecule has 10 heteroatoms. The zero-order chi connectivity index (χ0) is 22.5. The highest BCUT2D eigenvalue weighted by Crippen LogP contribution is 2.18. The fourth-order valence-corrected chi connectivity index (χ4v) is 3.15. The summed E-state index contributed by atoms with van der Waals surface area (Å²) in [6.45, 7) is 0.694. The van der Waals surface area contributed by atoms with Crippen molar-refractivity contribution >= 4 is 17.7 Å². The Morgan fingerprint density at radius 3 is 2.47 bits per heavy atom. The van der Waals surface area contributed by atoms with Crippen molar-refractivity contribution < 1.29 is 9.90 Å². The maximum absolute atomic E-state index is 10.6. The van der Waals surface area contributed by atoms with Gasteiger partial charge in [0, 0.05) is 56.9 Å². The quantitative estimate of drug-likeness (QED) is 0.507. The van der Waals surface area contributed by atoms with Crippen LogP contribution < -0.4 is 5.32 Å². The highest BCUT2D eigenvalue weighted by molar-refractivity contribution is 5.82. The molecule has 10 nitrogen and oxygen atoms in total. The maximum Gasteiger partial charge on any atom is 0.251 e. The van der Waals surface area contributed by atoms with E-state index in [-0.39, 0.29) is 5.91 Å². The van der Waals surface area contributed by atoms with Gasteiger partial charge in [-0.3, -0.25) is 9.48 Å². The van der Waals surface area contributed by atoms with E-state index in [4.69, 9.17) is 5.11 Å². The van der Waals surface area contributed by atoms with E-state index in [9.17, 15) is 4.79 Å². The van der Waals surface area contributed by atoms with Gasteiger partial charge in [0.2, 0.25) is 5.95 Å². The second kappa shape index (κ2) is 9.40. The van der Waals surface area contributed by atoms with Gasteiger partial charge in [-0.05, 0) is 12.5 Å². The van der Waals surface area contributed by atoms with Crippen LogP contribution in [0.4, 0.5) is 11.8 Å². The molecular weight excluding hydrogens is 408 g/mol. The molecule has 1 atom stereocenters. The molecule has 1 aliphatic heterocycles. The molecule has 0 saturated carbocycles. The van der Waals surface area contributed by atoms with Crippen molar-refractivity contribution in [3.8, 4) is 17.1 Å². The summed E-state index contributed by atoms with van der Waals surface area (Å²) in [7, 11) is 3.55. The van der Waals surface area contributed by atoms with Crippen molar-refractivity contribution in [1.29, 1.82) is 0 Å². The van der Waals surface area contributed by atoms with E-state index in [2.05, 4.69) is 25.5 Å². The fraction of sp³-hybridized carbons (Fsp3) is 0.227. The first kappa shape index (κ1) is 21.2. The molecule has 1 unspecified atom stereocenters. The van der Waals surface area contributed by atoms with Crippen LogP contribution in [0.25, 0.3) is 17.1 Å². The van der Waals surface area contributed by atoms with Gasteiger partial charge in [-0.15, -0.1) is 0 Å². The molecule has 1 aliphatic rings. The van der Waals surface area contributed by atoms with E-state index >= 15 is 0 Å². The third kappa shape index (κ3) is 4.98. The monoisotopic (exact) mass is 432 g/mol. The van der Waals surface area contributed by atoms with Crippen LogP contribution in [0.15, 0.2) is 67.1 Å². The van der Waals surface area contributed by atoms with Crippen LogP contribution in [0.3, 0.4) is 0 Å². The minimum atomic E-state index is -0.722. The van der Waals surface area contributed by atoms with Crippen LogP contribution in [0.5, 0.6) is 0 Å². The Hall–Kier alpha value is -4.05. The first-order valence-corrected chi connectivity index (χ1v) is 10.1. The second-order valence-electron chi connectivity index (χ2n) is 7.31. The highest BCUT2D eigenvalue weighted by Gasteiger charge is 2.25. The predicted molar refractivity (Wildman–Crippen MR) is 119 cm³/mol. The molecule has 5 rings (SSSR count). The van der Waals surface area contributed by atoms with Crippen LogP contribution in [0, 0.1) is 0 Å². The average molecular weight is 432 g/mol. The van der Waals surface area contributed by atoms with Gasteiger partial charge in [0.15, 0.2) is 11.6 Å². The van der Waals surface area contributed by atoms with Crippen molar-refractivity contribution in [1.82, 2.24) is 34.4 Å². The molecule has 2 N–H and O–H groups in total. The van der Waals surface area contributed by atoms with E-state index in [1.807, 2.05) is 68.0 Å². The summed E-state index contributed by atoms with van der Waals surface area (Å²) in [5.41, 5.74) is 1.96. The number of hydrogen-bond donors (Lipinski definition) is 2. The lowest BCUT2D eigenvalue weighted by molar-refractivity contribution is -0.133. The SMILES string of the molecule is CN1CCC(O)C1=O.Cn1ccc(Nc2nccc(-n3ccc(-c4ccccc4)n3)n2)n1. The fourth-order valence-electron chi connectivity index (χ4n) is 3.15. The van der Waals surface area contributed by atoms with E-state index in [0.29, 0.717) is 30.5 Å². The molecule has 32 heavy (non-hydrogen) atoms. The third-order valence-corrected chi connectivity index (χ3v) is 4.89. The van der Waals surface area contributed by atoms with Crippen LogP contribution in [0.2, 0.25) is 0 Å². The van der Waals surface area contributed by atoms with E-state index < -0.39 is 6.10 Å². The number of anilines is 2. The first-order chi connectivity index (χ1) is 15.5. The smallest absolute Gasteiger partial charge is 0.251 e. The molecule has 164 valence electrons. The zero-order valence-corrected chi connectivity index (χ0v) is 17.8. The number of aliphatic hydroxyl groups is 1. The number of amides is 1. The Morgan fingerprint density at radius 2 is 1.84 bits per heavy atom. The van der Waals surface area contributed by atoms with Gasteiger partial charge in [-0.1, -0.05) is 30.3 Å². The number of aromatic nitrogens is 6. The summed E-state index contributed by atoms with van der Waals surface area (Å²) >= 11 is 0. The van der Waals surface area contributed by atoms with Crippen molar-refractivity contribution in [2.75, 3.05) is 18.9 Å². The van der Waals surface area contributed by atoms with Gasteiger partial charge in [0.1, 0.15) is 6.10 Å². The van der Waals surface area contributed by atoms with Crippen LogP contribution in [0.1, 0.15) is 6.42 Å².